The van der Waals surface area contributed by atoms with E-state index in [-0.39, 0.29) is 0 Å². The Morgan fingerprint density at radius 2 is 2.24 bits per heavy atom. The molecule has 3 nitrogen and oxygen atoms in total. The second-order valence-corrected chi connectivity index (χ2v) is 4.92. The zero-order valence-corrected chi connectivity index (χ0v) is 11.4. The smallest absolute Gasteiger partial charge is 0.132 e. The molecule has 94 valence electrons. The Bertz CT molecular complexity index is 381. The summed E-state index contributed by atoms with van der Waals surface area (Å²) in [5.41, 5.74) is 1.12. The van der Waals surface area contributed by atoms with Crippen molar-refractivity contribution in [3.8, 4) is 0 Å². The van der Waals surface area contributed by atoms with Gasteiger partial charge >= 0.3 is 0 Å². The molecule has 1 aromatic heterocycles. The van der Waals surface area contributed by atoms with Gasteiger partial charge < -0.3 is 4.90 Å². The molecule has 1 saturated heterocycles. The number of rotatable bonds is 3. The van der Waals surface area contributed by atoms with E-state index >= 15 is 0 Å². The lowest BCUT2D eigenvalue weighted by molar-refractivity contribution is 0.483. The van der Waals surface area contributed by atoms with E-state index in [0.29, 0.717) is 11.9 Å². The fraction of sp³-hybridized carbons (Fsp3) is 0.692. The topological polar surface area (TPSA) is 29.0 Å². The highest BCUT2D eigenvalue weighted by molar-refractivity contribution is 6.18. The summed E-state index contributed by atoms with van der Waals surface area (Å²) in [6.45, 7) is 5.15. The maximum atomic E-state index is 6.05. The summed E-state index contributed by atoms with van der Waals surface area (Å²) in [5, 5.41) is 0. The van der Waals surface area contributed by atoms with Crippen LogP contribution in [0.4, 0.5) is 5.82 Å². The van der Waals surface area contributed by atoms with Crippen LogP contribution in [0, 0.1) is 6.92 Å². The van der Waals surface area contributed by atoms with Crippen LogP contribution in [0.5, 0.6) is 0 Å². The van der Waals surface area contributed by atoms with Crippen LogP contribution in [0.3, 0.4) is 0 Å². The lowest BCUT2D eigenvalue weighted by Gasteiger charge is -2.35. The Morgan fingerprint density at radius 1 is 1.41 bits per heavy atom. The van der Waals surface area contributed by atoms with Gasteiger partial charge in [-0.2, -0.15) is 0 Å². The largest absolute Gasteiger partial charge is 0.352 e. The molecule has 1 aliphatic rings. The van der Waals surface area contributed by atoms with E-state index in [9.17, 15) is 0 Å². The minimum Gasteiger partial charge on any atom is -0.352 e. The van der Waals surface area contributed by atoms with Crippen molar-refractivity contribution in [2.75, 3.05) is 17.3 Å². The predicted molar refractivity (Wildman–Crippen MR) is 71.9 cm³/mol. The van der Waals surface area contributed by atoms with E-state index in [1.807, 2.05) is 6.92 Å². The minimum atomic E-state index is 0.435. The van der Waals surface area contributed by atoms with Crippen molar-refractivity contribution in [2.24, 2.45) is 0 Å². The summed E-state index contributed by atoms with van der Waals surface area (Å²) in [7, 11) is 0. The van der Waals surface area contributed by atoms with Gasteiger partial charge in [-0.3, -0.25) is 0 Å². The molecule has 1 atom stereocenters. The van der Waals surface area contributed by atoms with Gasteiger partial charge in [-0.05, 0) is 32.6 Å². The van der Waals surface area contributed by atoms with E-state index in [1.165, 1.54) is 19.3 Å². The van der Waals surface area contributed by atoms with Crippen LogP contribution in [0.2, 0.25) is 0 Å². The van der Waals surface area contributed by atoms with Crippen LogP contribution in [0.25, 0.3) is 0 Å². The number of hydrogen-bond donors (Lipinski definition) is 0. The molecule has 0 amide bonds. The Labute approximate surface area is 108 Å². The third-order valence-electron chi connectivity index (χ3n) is 3.34. The Balaban J connectivity index is 2.27. The van der Waals surface area contributed by atoms with Gasteiger partial charge in [0.25, 0.3) is 0 Å². The van der Waals surface area contributed by atoms with Gasteiger partial charge in [0.2, 0.25) is 0 Å². The standard InChI is InChI=1S/C13H20ClN3/c1-3-11-8-13(16-10(2)15-11)17-7-5-4-6-12(17)9-14/h8,12H,3-7,9H2,1-2H3. The van der Waals surface area contributed by atoms with Crippen molar-refractivity contribution >= 4 is 17.4 Å². The fourth-order valence-corrected chi connectivity index (χ4v) is 2.72. The summed E-state index contributed by atoms with van der Waals surface area (Å²) in [4.78, 5) is 11.3. The van der Waals surface area contributed by atoms with Crippen molar-refractivity contribution in [3.05, 3.63) is 17.6 Å². The van der Waals surface area contributed by atoms with E-state index in [1.54, 1.807) is 0 Å². The molecule has 2 rings (SSSR count). The summed E-state index contributed by atoms with van der Waals surface area (Å²) in [5.74, 6) is 2.60. The first-order valence-electron chi connectivity index (χ1n) is 6.41. The molecule has 0 saturated carbocycles. The second kappa shape index (κ2) is 5.67. The molecule has 1 aliphatic heterocycles. The monoisotopic (exact) mass is 253 g/mol. The maximum absolute atomic E-state index is 6.05. The number of nitrogens with zero attached hydrogens (tertiary/aromatic N) is 3. The normalized spacial score (nSPS) is 20.6. The van der Waals surface area contributed by atoms with E-state index in [4.69, 9.17) is 11.6 Å². The van der Waals surface area contributed by atoms with Crippen molar-refractivity contribution in [3.63, 3.8) is 0 Å². The third-order valence-corrected chi connectivity index (χ3v) is 3.70. The lowest BCUT2D eigenvalue weighted by atomic mass is 10.0. The SMILES string of the molecule is CCc1cc(N2CCCCC2CCl)nc(C)n1. The maximum Gasteiger partial charge on any atom is 0.132 e. The summed E-state index contributed by atoms with van der Waals surface area (Å²) in [6, 6.07) is 2.54. The van der Waals surface area contributed by atoms with Gasteiger partial charge in [0.05, 0.1) is 0 Å². The van der Waals surface area contributed by atoms with Gasteiger partial charge in [0.15, 0.2) is 0 Å². The number of aryl methyl sites for hydroxylation is 2. The molecular weight excluding hydrogens is 234 g/mol. The summed E-state index contributed by atoms with van der Waals surface area (Å²) < 4.78 is 0. The van der Waals surface area contributed by atoms with Crippen LogP contribution in [0.15, 0.2) is 6.07 Å². The van der Waals surface area contributed by atoms with Crippen molar-refractivity contribution in [1.82, 2.24) is 9.97 Å². The molecular formula is C13H20ClN3. The van der Waals surface area contributed by atoms with Crippen LogP contribution >= 0.6 is 11.6 Å². The molecule has 2 heterocycles. The first kappa shape index (κ1) is 12.6. The molecule has 0 aromatic carbocycles. The molecule has 0 bridgehead atoms. The quantitative estimate of drug-likeness (QED) is 0.776. The molecule has 0 N–H and O–H groups in total. The highest BCUT2D eigenvalue weighted by atomic mass is 35.5. The second-order valence-electron chi connectivity index (χ2n) is 4.62. The Kier molecular flexibility index (Phi) is 4.21. The molecule has 1 aromatic rings. The average molecular weight is 254 g/mol. The van der Waals surface area contributed by atoms with Gasteiger partial charge in [0.1, 0.15) is 11.6 Å². The summed E-state index contributed by atoms with van der Waals surface area (Å²) >= 11 is 6.05. The first-order valence-corrected chi connectivity index (χ1v) is 6.95. The highest BCUT2D eigenvalue weighted by Gasteiger charge is 2.23. The van der Waals surface area contributed by atoms with Gasteiger partial charge in [-0.1, -0.05) is 6.92 Å². The Morgan fingerprint density at radius 3 is 2.94 bits per heavy atom. The van der Waals surface area contributed by atoms with E-state index < -0.39 is 0 Å². The molecule has 4 heteroatoms. The molecule has 1 unspecified atom stereocenters. The van der Waals surface area contributed by atoms with Crippen LogP contribution in [-0.4, -0.2) is 28.4 Å². The van der Waals surface area contributed by atoms with Crippen LogP contribution in [-0.2, 0) is 6.42 Å². The Hall–Kier alpha value is -0.830. The number of halogens is 1. The van der Waals surface area contributed by atoms with Crippen LogP contribution in [0.1, 0.15) is 37.7 Å². The third kappa shape index (κ3) is 2.89. The zero-order chi connectivity index (χ0) is 12.3. The number of piperidine rings is 1. The first-order chi connectivity index (χ1) is 8.24. The van der Waals surface area contributed by atoms with Gasteiger partial charge in [0, 0.05) is 30.2 Å². The molecule has 1 fully saturated rings. The van der Waals surface area contributed by atoms with E-state index in [2.05, 4.69) is 27.9 Å². The number of aromatic nitrogens is 2. The van der Waals surface area contributed by atoms with Crippen LogP contribution < -0.4 is 4.90 Å². The van der Waals surface area contributed by atoms with Crippen molar-refractivity contribution < 1.29 is 0 Å². The fourth-order valence-electron chi connectivity index (χ4n) is 2.40. The van der Waals surface area contributed by atoms with Crippen molar-refractivity contribution in [1.29, 1.82) is 0 Å². The average Bonchev–Trinajstić information content (AvgIpc) is 2.37. The van der Waals surface area contributed by atoms with Crippen molar-refractivity contribution in [2.45, 2.75) is 45.6 Å². The number of anilines is 1. The minimum absolute atomic E-state index is 0.435. The van der Waals surface area contributed by atoms with E-state index in [0.717, 1.165) is 30.3 Å². The number of alkyl halides is 1. The molecule has 0 radical (unpaired) electrons. The number of hydrogen-bond acceptors (Lipinski definition) is 3. The predicted octanol–water partition coefficient (Wildman–Crippen LogP) is 2.95. The molecule has 17 heavy (non-hydrogen) atoms. The van der Waals surface area contributed by atoms with Gasteiger partial charge in [-0.15, -0.1) is 11.6 Å². The lowest BCUT2D eigenvalue weighted by Crippen LogP contribution is -2.41. The molecule has 0 aliphatic carbocycles. The summed E-state index contributed by atoms with van der Waals surface area (Å²) in [6.07, 6.45) is 4.64. The highest BCUT2D eigenvalue weighted by Crippen LogP contribution is 2.24. The zero-order valence-electron chi connectivity index (χ0n) is 10.6. The molecule has 0 spiro atoms. The van der Waals surface area contributed by atoms with Gasteiger partial charge in [-0.25, -0.2) is 9.97 Å².